The molecule has 1 N–H and O–H groups in total. The van der Waals surface area contributed by atoms with Crippen molar-refractivity contribution in [3.63, 3.8) is 0 Å². The maximum atomic E-state index is 12.6. The molecule has 2 aromatic carbocycles. The van der Waals surface area contributed by atoms with Crippen LogP contribution in [0.1, 0.15) is 35.4 Å². The van der Waals surface area contributed by atoms with E-state index >= 15 is 0 Å². The Bertz CT molecular complexity index is 733. The van der Waals surface area contributed by atoms with Crippen molar-refractivity contribution < 1.29 is 14.3 Å². The van der Waals surface area contributed by atoms with Crippen LogP contribution < -0.4 is 5.32 Å². The van der Waals surface area contributed by atoms with Gasteiger partial charge in [0.15, 0.2) is 0 Å². The van der Waals surface area contributed by atoms with Crippen LogP contribution in [0.4, 0.5) is 0 Å². The van der Waals surface area contributed by atoms with Crippen LogP contribution in [0.25, 0.3) is 0 Å². The molecule has 1 heterocycles. The molecule has 0 bridgehead atoms. The predicted molar refractivity (Wildman–Crippen MR) is 99.7 cm³/mol. The third kappa shape index (κ3) is 4.70. The van der Waals surface area contributed by atoms with Gasteiger partial charge in [-0.3, -0.25) is 9.59 Å². The molecule has 0 aliphatic carbocycles. The number of amides is 2. The Kier molecular flexibility index (Phi) is 6.02. The highest BCUT2D eigenvalue weighted by Crippen LogP contribution is 2.22. The summed E-state index contributed by atoms with van der Waals surface area (Å²) in [7, 11) is 0. The first-order valence-corrected chi connectivity index (χ1v) is 8.93. The van der Waals surface area contributed by atoms with Gasteiger partial charge in [-0.1, -0.05) is 48.5 Å². The number of hydrogen-bond acceptors (Lipinski definition) is 3. The molecular formula is C21H24N2O3. The lowest BCUT2D eigenvalue weighted by atomic mass is 10.1. The van der Waals surface area contributed by atoms with Crippen molar-refractivity contribution in [1.29, 1.82) is 0 Å². The van der Waals surface area contributed by atoms with Crippen LogP contribution in [0, 0.1) is 0 Å². The maximum Gasteiger partial charge on any atom is 0.251 e. The second-order valence-electron chi connectivity index (χ2n) is 6.55. The van der Waals surface area contributed by atoms with Crippen molar-refractivity contribution in [2.75, 3.05) is 19.7 Å². The maximum absolute atomic E-state index is 12.6. The Labute approximate surface area is 154 Å². The van der Waals surface area contributed by atoms with Crippen LogP contribution >= 0.6 is 0 Å². The number of nitrogens with one attached hydrogen (secondary N) is 1. The second-order valence-corrected chi connectivity index (χ2v) is 6.55. The molecule has 26 heavy (non-hydrogen) atoms. The summed E-state index contributed by atoms with van der Waals surface area (Å²) in [5, 5.41) is 2.89. The minimum atomic E-state index is -0.228. The van der Waals surface area contributed by atoms with Crippen molar-refractivity contribution in [3.8, 4) is 0 Å². The lowest BCUT2D eigenvalue weighted by Crippen LogP contribution is -2.45. The Morgan fingerprint density at radius 3 is 2.46 bits per heavy atom. The van der Waals surface area contributed by atoms with Gasteiger partial charge in [-0.2, -0.15) is 0 Å². The van der Waals surface area contributed by atoms with E-state index in [0.29, 0.717) is 25.3 Å². The van der Waals surface area contributed by atoms with Crippen molar-refractivity contribution in [3.05, 3.63) is 71.8 Å². The largest absolute Gasteiger partial charge is 0.370 e. The first-order valence-electron chi connectivity index (χ1n) is 8.93. The summed E-state index contributed by atoms with van der Waals surface area (Å²) in [5.41, 5.74) is 1.68. The molecule has 0 radical (unpaired) electrons. The normalized spacial score (nSPS) is 18.2. The third-order valence-electron chi connectivity index (χ3n) is 4.48. The number of carbonyl (C=O) groups excluding carboxylic acids is 2. The van der Waals surface area contributed by atoms with Crippen molar-refractivity contribution >= 4 is 11.8 Å². The lowest BCUT2D eigenvalue weighted by molar-refractivity contribution is -0.139. The molecule has 1 aliphatic heterocycles. The van der Waals surface area contributed by atoms with E-state index in [4.69, 9.17) is 4.74 Å². The molecule has 3 rings (SSSR count). The quantitative estimate of drug-likeness (QED) is 0.900. The molecule has 1 fully saturated rings. The minimum absolute atomic E-state index is 0.0371. The summed E-state index contributed by atoms with van der Waals surface area (Å²) < 4.78 is 5.81. The number of ether oxygens (including phenoxy) is 1. The summed E-state index contributed by atoms with van der Waals surface area (Å²) in [4.78, 5) is 26.6. The Balaban J connectivity index is 1.53. The third-order valence-corrected chi connectivity index (χ3v) is 4.48. The Morgan fingerprint density at radius 1 is 1.12 bits per heavy atom. The van der Waals surface area contributed by atoms with E-state index in [2.05, 4.69) is 5.32 Å². The molecule has 2 amide bonds. The van der Waals surface area contributed by atoms with E-state index in [-0.39, 0.29) is 30.4 Å². The highest BCUT2D eigenvalue weighted by atomic mass is 16.5. The molecule has 0 saturated carbocycles. The molecule has 5 nitrogen and oxygen atoms in total. The zero-order valence-corrected chi connectivity index (χ0v) is 14.9. The average Bonchev–Trinajstić information content (AvgIpc) is 2.69. The molecule has 2 aromatic rings. The van der Waals surface area contributed by atoms with Gasteiger partial charge in [0.2, 0.25) is 5.91 Å². The van der Waals surface area contributed by atoms with E-state index in [9.17, 15) is 9.59 Å². The standard InChI is InChI=1S/C21H24N2O3/c1-16(22-21(25)18-10-6-3-7-11-18)14-20(24)23-12-13-26-19(15-23)17-8-4-2-5-9-17/h2-11,16,19H,12-15H2,1H3,(H,22,25). The molecule has 5 heteroatoms. The zero-order valence-electron chi connectivity index (χ0n) is 14.9. The first kappa shape index (κ1) is 18.1. The summed E-state index contributed by atoms with van der Waals surface area (Å²) in [5.74, 6) is -0.120. The van der Waals surface area contributed by atoms with Crippen LogP contribution in [0.15, 0.2) is 60.7 Å². The molecule has 1 aliphatic rings. The number of rotatable bonds is 5. The summed E-state index contributed by atoms with van der Waals surface area (Å²) in [6.07, 6.45) is 0.184. The van der Waals surface area contributed by atoms with Gasteiger partial charge in [0.05, 0.1) is 13.2 Å². The molecule has 1 saturated heterocycles. The minimum Gasteiger partial charge on any atom is -0.370 e. The first-order chi connectivity index (χ1) is 12.6. The van der Waals surface area contributed by atoms with Crippen LogP contribution in [-0.2, 0) is 9.53 Å². The van der Waals surface area contributed by atoms with Crippen molar-refractivity contribution in [1.82, 2.24) is 10.2 Å². The SMILES string of the molecule is CC(CC(=O)N1CCOC(c2ccccc2)C1)NC(=O)c1ccccc1. The lowest BCUT2D eigenvalue weighted by Gasteiger charge is -2.34. The van der Waals surface area contributed by atoms with Gasteiger partial charge in [-0.25, -0.2) is 0 Å². The number of benzene rings is 2. The summed E-state index contributed by atoms with van der Waals surface area (Å²) in [6, 6.07) is 18.7. The number of hydrogen-bond donors (Lipinski definition) is 1. The fourth-order valence-electron chi connectivity index (χ4n) is 3.08. The average molecular weight is 352 g/mol. The van der Waals surface area contributed by atoms with Crippen molar-refractivity contribution in [2.24, 2.45) is 0 Å². The summed E-state index contributed by atoms with van der Waals surface area (Å²) >= 11 is 0. The zero-order chi connectivity index (χ0) is 18.4. The fraction of sp³-hybridized carbons (Fsp3) is 0.333. The molecule has 2 unspecified atom stereocenters. The molecule has 136 valence electrons. The summed E-state index contributed by atoms with van der Waals surface area (Å²) in [6.45, 7) is 3.51. The van der Waals surface area contributed by atoms with E-state index in [1.807, 2.05) is 60.4 Å². The van der Waals surface area contributed by atoms with E-state index in [1.165, 1.54) is 0 Å². The van der Waals surface area contributed by atoms with Gasteiger partial charge in [0.25, 0.3) is 5.91 Å². The van der Waals surface area contributed by atoms with E-state index < -0.39 is 0 Å². The predicted octanol–water partition coefficient (Wildman–Crippen LogP) is 2.80. The molecule has 0 aromatic heterocycles. The van der Waals surface area contributed by atoms with Gasteiger partial charge in [0.1, 0.15) is 6.10 Å². The topological polar surface area (TPSA) is 58.6 Å². The van der Waals surface area contributed by atoms with Gasteiger partial charge < -0.3 is 15.0 Å². The van der Waals surface area contributed by atoms with Crippen LogP contribution in [0.2, 0.25) is 0 Å². The monoisotopic (exact) mass is 352 g/mol. The second kappa shape index (κ2) is 8.63. The van der Waals surface area contributed by atoms with Crippen molar-refractivity contribution in [2.45, 2.75) is 25.5 Å². The molecule has 2 atom stereocenters. The highest BCUT2D eigenvalue weighted by Gasteiger charge is 2.26. The molecular weight excluding hydrogens is 328 g/mol. The van der Waals surface area contributed by atoms with E-state index in [1.54, 1.807) is 12.1 Å². The number of morpholine rings is 1. The van der Waals surface area contributed by atoms with E-state index in [0.717, 1.165) is 5.56 Å². The van der Waals surface area contributed by atoms with Gasteiger partial charge in [-0.05, 0) is 24.6 Å². The Hall–Kier alpha value is -2.66. The fourth-order valence-corrected chi connectivity index (χ4v) is 3.08. The van der Waals surface area contributed by atoms with Gasteiger partial charge in [0, 0.05) is 24.6 Å². The van der Waals surface area contributed by atoms with Crippen LogP contribution in [0.3, 0.4) is 0 Å². The number of carbonyl (C=O) groups is 2. The smallest absolute Gasteiger partial charge is 0.251 e. The molecule has 0 spiro atoms. The Morgan fingerprint density at radius 2 is 1.77 bits per heavy atom. The van der Waals surface area contributed by atoms with Crippen LogP contribution in [0.5, 0.6) is 0 Å². The highest BCUT2D eigenvalue weighted by molar-refractivity contribution is 5.94. The number of nitrogens with zero attached hydrogens (tertiary/aromatic N) is 1. The van der Waals surface area contributed by atoms with Gasteiger partial charge >= 0.3 is 0 Å². The van der Waals surface area contributed by atoms with Gasteiger partial charge in [-0.15, -0.1) is 0 Å². The van der Waals surface area contributed by atoms with Crippen LogP contribution in [-0.4, -0.2) is 42.5 Å².